The number of furan rings is 1. The molecule has 0 aliphatic heterocycles. The average molecular weight is 285 g/mol. The van der Waals surface area contributed by atoms with Crippen LogP contribution in [0.2, 0.25) is 0 Å². The Morgan fingerprint density at radius 2 is 2.10 bits per heavy atom. The molecule has 21 heavy (non-hydrogen) atoms. The Balaban J connectivity index is 1.80. The molecule has 2 rings (SSSR count). The van der Waals surface area contributed by atoms with Gasteiger partial charge in [-0.25, -0.2) is 4.79 Å². The summed E-state index contributed by atoms with van der Waals surface area (Å²) >= 11 is 0. The van der Waals surface area contributed by atoms with Crippen LogP contribution >= 0.6 is 0 Å². The molecule has 0 saturated carbocycles. The Bertz CT molecular complexity index is 644. The summed E-state index contributed by atoms with van der Waals surface area (Å²) in [5.41, 5.74) is 1.11. The Hall–Kier alpha value is -2.82. The predicted octanol–water partition coefficient (Wildman–Crippen LogP) is 2.35. The number of carbonyl (C=O) groups excluding carboxylic acids is 1. The Labute approximate surface area is 121 Å². The second kappa shape index (κ2) is 7.09. The number of benzene rings is 1. The highest BCUT2D eigenvalue weighted by atomic mass is 16.4. The van der Waals surface area contributed by atoms with Crippen molar-refractivity contribution < 1.29 is 19.1 Å². The number of nitrogens with one attached hydrogen (secondary N) is 1. The number of hydrogen-bond acceptors (Lipinski definition) is 3. The SMILES string of the molecule is O=C(/C=C\c1ccco1)NCCc1cccc(C(=O)O)c1. The highest BCUT2D eigenvalue weighted by Gasteiger charge is 2.03. The zero-order chi connectivity index (χ0) is 15.1. The molecule has 1 aromatic heterocycles. The monoisotopic (exact) mass is 285 g/mol. The molecule has 5 heteroatoms. The smallest absolute Gasteiger partial charge is 0.335 e. The van der Waals surface area contributed by atoms with E-state index in [2.05, 4.69) is 5.32 Å². The molecule has 5 nitrogen and oxygen atoms in total. The van der Waals surface area contributed by atoms with Gasteiger partial charge in [0.05, 0.1) is 11.8 Å². The minimum absolute atomic E-state index is 0.221. The van der Waals surface area contributed by atoms with E-state index < -0.39 is 5.97 Å². The van der Waals surface area contributed by atoms with Crippen molar-refractivity contribution in [1.29, 1.82) is 0 Å². The summed E-state index contributed by atoms with van der Waals surface area (Å²) in [6, 6.07) is 10.2. The molecule has 1 aromatic carbocycles. The third-order valence-corrected chi connectivity index (χ3v) is 2.83. The van der Waals surface area contributed by atoms with E-state index in [4.69, 9.17) is 9.52 Å². The maximum atomic E-state index is 11.6. The van der Waals surface area contributed by atoms with Crippen molar-refractivity contribution >= 4 is 18.0 Å². The van der Waals surface area contributed by atoms with Crippen LogP contribution in [0.5, 0.6) is 0 Å². The largest absolute Gasteiger partial charge is 0.478 e. The van der Waals surface area contributed by atoms with Crippen molar-refractivity contribution in [2.45, 2.75) is 6.42 Å². The van der Waals surface area contributed by atoms with Gasteiger partial charge in [-0.2, -0.15) is 0 Å². The molecule has 0 unspecified atom stereocenters. The van der Waals surface area contributed by atoms with E-state index in [0.717, 1.165) is 5.56 Å². The van der Waals surface area contributed by atoms with Gasteiger partial charge in [-0.1, -0.05) is 12.1 Å². The molecule has 0 fully saturated rings. The summed E-state index contributed by atoms with van der Waals surface area (Å²) in [5.74, 6) is -0.567. The topological polar surface area (TPSA) is 79.5 Å². The van der Waals surface area contributed by atoms with Crippen molar-refractivity contribution in [1.82, 2.24) is 5.32 Å². The Kier molecular flexibility index (Phi) is 4.93. The van der Waals surface area contributed by atoms with Crippen molar-refractivity contribution in [2.24, 2.45) is 0 Å². The highest BCUT2D eigenvalue weighted by Crippen LogP contribution is 2.06. The first-order chi connectivity index (χ1) is 10.1. The Morgan fingerprint density at radius 3 is 2.81 bits per heavy atom. The molecule has 0 aliphatic rings. The van der Waals surface area contributed by atoms with E-state index in [9.17, 15) is 9.59 Å². The number of hydrogen-bond donors (Lipinski definition) is 2. The minimum Gasteiger partial charge on any atom is -0.478 e. The fraction of sp³-hybridized carbons (Fsp3) is 0.125. The quantitative estimate of drug-likeness (QED) is 0.798. The highest BCUT2D eigenvalue weighted by molar-refractivity contribution is 5.91. The molecule has 2 N–H and O–H groups in total. The third-order valence-electron chi connectivity index (χ3n) is 2.83. The van der Waals surface area contributed by atoms with Crippen LogP contribution in [0, 0.1) is 0 Å². The summed E-state index contributed by atoms with van der Waals surface area (Å²) in [6.07, 6.45) is 5.08. The summed E-state index contributed by atoms with van der Waals surface area (Å²) in [4.78, 5) is 22.4. The molecule has 0 atom stereocenters. The second-order valence-corrected chi connectivity index (χ2v) is 4.40. The van der Waals surface area contributed by atoms with Crippen LogP contribution < -0.4 is 5.32 Å². The van der Waals surface area contributed by atoms with Gasteiger partial charge in [0.1, 0.15) is 5.76 Å². The van der Waals surface area contributed by atoms with Gasteiger partial charge >= 0.3 is 5.97 Å². The number of carboxylic acids is 1. The molecule has 2 aromatic rings. The Morgan fingerprint density at radius 1 is 1.24 bits per heavy atom. The lowest BCUT2D eigenvalue weighted by Crippen LogP contribution is -2.23. The van der Waals surface area contributed by atoms with Gasteiger partial charge in [0.2, 0.25) is 5.91 Å². The van der Waals surface area contributed by atoms with Crippen molar-refractivity contribution in [3.63, 3.8) is 0 Å². The van der Waals surface area contributed by atoms with Gasteiger partial charge in [-0.3, -0.25) is 4.79 Å². The molecular weight excluding hydrogens is 270 g/mol. The molecule has 0 spiro atoms. The van der Waals surface area contributed by atoms with Gasteiger partial charge < -0.3 is 14.8 Å². The maximum Gasteiger partial charge on any atom is 0.335 e. The average Bonchev–Trinajstić information content (AvgIpc) is 2.99. The van der Waals surface area contributed by atoms with E-state index in [0.29, 0.717) is 18.7 Å². The van der Waals surface area contributed by atoms with Crippen LogP contribution in [0.3, 0.4) is 0 Å². The summed E-state index contributed by atoms with van der Waals surface area (Å²) in [5, 5.41) is 11.6. The first kappa shape index (κ1) is 14.6. The first-order valence-corrected chi connectivity index (χ1v) is 6.47. The molecular formula is C16H15NO4. The molecule has 0 aliphatic carbocycles. The van der Waals surface area contributed by atoms with E-state index in [-0.39, 0.29) is 11.5 Å². The van der Waals surface area contributed by atoms with E-state index >= 15 is 0 Å². The number of carbonyl (C=O) groups is 2. The van der Waals surface area contributed by atoms with Gasteiger partial charge in [0.15, 0.2) is 0 Å². The molecule has 1 amide bonds. The van der Waals surface area contributed by atoms with Gasteiger partial charge in [-0.15, -0.1) is 0 Å². The van der Waals surface area contributed by atoms with Crippen LogP contribution in [-0.4, -0.2) is 23.5 Å². The van der Waals surface area contributed by atoms with Gasteiger partial charge in [0, 0.05) is 12.6 Å². The standard InChI is InChI=1S/C16H15NO4/c18-15(7-6-14-5-2-10-21-14)17-9-8-12-3-1-4-13(11-12)16(19)20/h1-7,10-11H,8-9H2,(H,17,18)(H,19,20)/b7-6-. The van der Waals surface area contributed by atoms with Gasteiger partial charge in [-0.05, 0) is 42.3 Å². The predicted molar refractivity (Wildman–Crippen MR) is 77.9 cm³/mol. The fourth-order valence-electron chi connectivity index (χ4n) is 1.79. The number of carboxylic acid groups (broad SMARTS) is 1. The molecule has 1 heterocycles. The molecule has 0 bridgehead atoms. The van der Waals surface area contributed by atoms with Crippen molar-refractivity contribution in [3.05, 3.63) is 65.6 Å². The molecule has 0 saturated heterocycles. The number of amides is 1. The third kappa shape index (κ3) is 4.65. The summed E-state index contributed by atoms with van der Waals surface area (Å²) in [7, 11) is 0. The zero-order valence-electron chi connectivity index (χ0n) is 11.3. The van der Waals surface area contributed by atoms with E-state index in [1.807, 2.05) is 6.07 Å². The lowest BCUT2D eigenvalue weighted by Gasteiger charge is -2.03. The van der Waals surface area contributed by atoms with Crippen molar-refractivity contribution in [2.75, 3.05) is 6.54 Å². The first-order valence-electron chi connectivity index (χ1n) is 6.47. The normalized spacial score (nSPS) is 10.7. The van der Waals surface area contributed by atoms with Crippen LogP contribution in [0.4, 0.5) is 0 Å². The van der Waals surface area contributed by atoms with E-state index in [1.54, 1.807) is 30.3 Å². The molecule has 108 valence electrons. The second-order valence-electron chi connectivity index (χ2n) is 4.40. The van der Waals surface area contributed by atoms with Crippen molar-refractivity contribution in [3.8, 4) is 0 Å². The van der Waals surface area contributed by atoms with Crippen LogP contribution in [0.25, 0.3) is 6.08 Å². The molecule has 0 radical (unpaired) electrons. The van der Waals surface area contributed by atoms with E-state index in [1.165, 1.54) is 18.4 Å². The zero-order valence-corrected chi connectivity index (χ0v) is 11.3. The van der Waals surface area contributed by atoms with Gasteiger partial charge in [0.25, 0.3) is 0 Å². The van der Waals surface area contributed by atoms with Crippen LogP contribution in [0.1, 0.15) is 21.7 Å². The lowest BCUT2D eigenvalue weighted by molar-refractivity contribution is -0.116. The fourth-order valence-corrected chi connectivity index (χ4v) is 1.79. The minimum atomic E-state index is -0.956. The summed E-state index contributed by atoms with van der Waals surface area (Å²) < 4.78 is 5.07. The maximum absolute atomic E-state index is 11.6. The number of rotatable bonds is 6. The van der Waals surface area contributed by atoms with Crippen LogP contribution in [0.15, 0.2) is 53.2 Å². The van der Waals surface area contributed by atoms with Crippen LogP contribution in [-0.2, 0) is 11.2 Å². The number of aromatic carboxylic acids is 1. The lowest BCUT2D eigenvalue weighted by atomic mass is 10.1. The summed E-state index contributed by atoms with van der Waals surface area (Å²) in [6.45, 7) is 0.435.